The molecule has 4 nitrogen and oxygen atoms in total. The van der Waals surface area contributed by atoms with E-state index < -0.39 is 0 Å². The minimum atomic E-state index is -0.0565. The summed E-state index contributed by atoms with van der Waals surface area (Å²) in [6.45, 7) is 7.05. The molecule has 25 heavy (non-hydrogen) atoms. The Labute approximate surface area is 149 Å². The van der Waals surface area contributed by atoms with Crippen LogP contribution in [0.1, 0.15) is 30.9 Å². The molecule has 1 atom stereocenters. The number of hydrogen-bond acceptors (Lipinski definition) is 4. The van der Waals surface area contributed by atoms with Gasteiger partial charge in [-0.3, -0.25) is 14.7 Å². The highest BCUT2D eigenvalue weighted by molar-refractivity contribution is 5.72. The summed E-state index contributed by atoms with van der Waals surface area (Å²) in [7, 11) is 0. The number of carbonyl (C=O) groups is 1. The third kappa shape index (κ3) is 4.45. The number of rotatable bonds is 5. The molecule has 1 aliphatic rings. The average molecular weight is 338 g/mol. The summed E-state index contributed by atoms with van der Waals surface area (Å²) in [4.78, 5) is 18.8. The van der Waals surface area contributed by atoms with Crippen LogP contribution in [0.3, 0.4) is 0 Å². The lowest BCUT2D eigenvalue weighted by Gasteiger charge is -2.31. The quantitative estimate of drug-likeness (QED) is 0.777. The third-order valence-corrected chi connectivity index (χ3v) is 4.78. The van der Waals surface area contributed by atoms with Gasteiger partial charge in [0.2, 0.25) is 0 Å². The summed E-state index contributed by atoms with van der Waals surface area (Å²) >= 11 is 0. The number of piperidine rings is 1. The van der Waals surface area contributed by atoms with Crippen molar-refractivity contribution in [1.82, 2.24) is 9.88 Å². The Balaban J connectivity index is 1.70. The van der Waals surface area contributed by atoms with Gasteiger partial charge in [0.15, 0.2) is 0 Å². The minimum absolute atomic E-state index is 0.00112. The van der Waals surface area contributed by atoms with Crippen LogP contribution in [0.2, 0.25) is 0 Å². The van der Waals surface area contributed by atoms with Crippen LogP contribution in [-0.4, -0.2) is 35.5 Å². The molecule has 1 fully saturated rings. The van der Waals surface area contributed by atoms with Crippen molar-refractivity contribution in [1.29, 1.82) is 0 Å². The fraction of sp³-hybridized carbons (Fsp3) is 0.429. The molecule has 1 saturated heterocycles. The van der Waals surface area contributed by atoms with Crippen LogP contribution in [0.25, 0.3) is 11.1 Å². The van der Waals surface area contributed by atoms with E-state index in [1.54, 1.807) is 0 Å². The van der Waals surface area contributed by atoms with Crippen molar-refractivity contribution < 1.29 is 9.53 Å². The maximum Gasteiger partial charge on any atom is 0.310 e. The van der Waals surface area contributed by atoms with Crippen molar-refractivity contribution in [3.05, 3.63) is 53.9 Å². The number of carbonyl (C=O) groups excluding carboxylic acids is 1. The van der Waals surface area contributed by atoms with E-state index in [4.69, 9.17) is 4.74 Å². The Morgan fingerprint density at radius 3 is 2.96 bits per heavy atom. The first-order valence-corrected chi connectivity index (χ1v) is 9.06. The van der Waals surface area contributed by atoms with Gasteiger partial charge >= 0.3 is 5.97 Å². The molecular formula is C21H26N2O2. The van der Waals surface area contributed by atoms with Crippen molar-refractivity contribution in [2.75, 3.05) is 19.7 Å². The largest absolute Gasteiger partial charge is 0.466 e. The van der Waals surface area contributed by atoms with E-state index in [0.717, 1.165) is 38.0 Å². The molecule has 4 heteroatoms. The molecule has 0 N–H and O–H groups in total. The molecule has 2 heterocycles. The van der Waals surface area contributed by atoms with Crippen LogP contribution < -0.4 is 0 Å². The van der Waals surface area contributed by atoms with Gasteiger partial charge in [-0.2, -0.15) is 0 Å². The lowest BCUT2D eigenvalue weighted by molar-refractivity contribution is -0.150. The molecular weight excluding hydrogens is 312 g/mol. The van der Waals surface area contributed by atoms with Crippen molar-refractivity contribution in [3.63, 3.8) is 0 Å². The predicted molar refractivity (Wildman–Crippen MR) is 99.0 cm³/mol. The monoisotopic (exact) mass is 338 g/mol. The topological polar surface area (TPSA) is 42.4 Å². The molecule has 0 saturated carbocycles. The molecule has 132 valence electrons. The highest BCUT2D eigenvalue weighted by Crippen LogP contribution is 2.25. The summed E-state index contributed by atoms with van der Waals surface area (Å²) in [6, 6.07) is 10.6. The zero-order valence-corrected chi connectivity index (χ0v) is 15.1. The molecule has 0 radical (unpaired) electrons. The van der Waals surface area contributed by atoms with Crippen molar-refractivity contribution >= 4 is 5.97 Å². The first-order chi connectivity index (χ1) is 12.2. The van der Waals surface area contributed by atoms with Gasteiger partial charge in [-0.15, -0.1) is 0 Å². The fourth-order valence-electron chi connectivity index (χ4n) is 3.53. The Morgan fingerprint density at radius 1 is 1.32 bits per heavy atom. The summed E-state index contributed by atoms with van der Waals surface area (Å²) in [5.74, 6) is -0.0554. The molecule has 2 aromatic rings. The van der Waals surface area contributed by atoms with Crippen LogP contribution in [0.15, 0.2) is 42.7 Å². The number of pyridine rings is 1. The van der Waals surface area contributed by atoms with Gasteiger partial charge in [-0.1, -0.05) is 24.3 Å². The van der Waals surface area contributed by atoms with E-state index in [9.17, 15) is 4.79 Å². The van der Waals surface area contributed by atoms with Crippen LogP contribution in [0.4, 0.5) is 0 Å². The molecule has 1 aromatic carbocycles. The molecule has 0 aliphatic carbocycles. The third-order valence-electron chi connectivity index (χ3n) is 4.78. The molecule has 1 aromatic heterocycles. The zero-order valence-electron chi connectivity index (χ0n) is 15.1. The van der Waals surface area contributed by atoms with Crippen LogP contribution in [0.5, 0.6) is 0 Å². The van der Waals surface area contributed by atoms with E-state index in [1.165, 1.54) is 16.7 Å². The van der Waals surface area contributed by atoms with Gasteiger partial charge in [0.05, 0.1) is 12.5 Å². The Kier molecular flexibility index (Phi) is 5.82. The number of aryl methyl sites for hydroxylation is 1. The highest BCUT2D eigenvalue weighted by Gasteiger charge is 2.26. The SMILES string of the molecule is CCOC(=O)C1CCCN(Cc2cncc(-c3ccccc3C)c2)C1. The van der Waals surface area contributed by atoms with E-state index in [2.05, 4.69) is 47.1 Å². The number of nitrogens with zero attached hydrogens (tertiary/aromatic N) is 2. The number of ether oxygens (including phenoxy) is 1. The van der Waals surface area contributed by atoms with Crippen molar-refractivity contribution in [2.24, 2.45) is 5.92 Å². The Morgan fingerprint density at radius 2 is 2.16 bits per heavy atom. The van der Waals surface area contributed by atoms with E-state index in [1.807, 2.05) is 19.3 Å². The number of aromatic nitrogens is 1. The van der Waals surface area contributed by atoms with Crippen LogP contribution in [0, 0.1) is 12.8 Å². The first-order valence-electron chi connectivity index (χ1n) is 9.06. The van der Waals surface area contributed by atoms with Crippen molar-refractivity contribution in [3.8, 4) is 11.1 Å². The smallest absolute Gasteiger partial charge is 0.310 e. The van der Waals surface area contributed by atoms with E-state index in [0.29, 0.717) is 6.61 Å². The lowest BCUT2D eigenvalue weighted by Crippen LogP contribution is -2.38. The van der Waals surface area contributed by atoms with Crippen LogP contribution >= 0.6 is 0 Å². The molecule has 1 unspecified atom stereocenters. The van der Waals surface area contributed by atoms with Crippen LogP contribution in [-0.2, 0) is 16.1 Å². The second kappa shape index (κ2) is 8.26. The summed E-state index contributed by atoms with van der Waals surface area (Å²) in [5, 5.41) is 0. The lowest BCUT2D eigenvalue weighted by atomic mass is 9.97. The maximum atomic E-state index is 12.0. The fourth-order valence-corrected chi connectivity index (χ4v) is 3.53. The van der Waals surface area contributed by atoms with Gasteiger partial charge < -0.3 is 4.74 Å². The predicted octanol–water partition coefficient (Wildman–Crippen LogP) is 3.83. The standard InChI is InChI=1S/C21H26N2O2/c1-3-25-21(24)18-8-6-10-23(15-18)14-17-11-19(13-22-12-17)20-9-5-4-7-16(20)2/h4-5,7,9,11-13,18H,3,6,8,10,14-15H2,1-2H3. The summed E-state index contributed by atoms with van der Waals surface area (Å²) in [5.41, 5.74) is 4.81. The second-order valence-electron chi connectivity index (χ2n) is 6.72. The van der Waals surface area contributed by atoms with Crippen molar-refractivity contribution in [2.45, 2.75) is 33.2 Å². The maximum absolute atomic E-state index is 12.0. The first kappa shape index (κ1) is 17.6. The molecule has 0 bridgehead atoms. The number of likely N-dealkylation sites (tertiary alicyclic amines) is 1. The molecule has 1 aliphatic heterocycles. The summed E-state index contributed by atoms with van der Waals surface area (Å²) in [6.07, 6.45) is 5.81. The van der Waals surface area contributed by atoms with Gasteiger partial charge in [-0.25, -0.2) is 0 Å². The minimum Gasteiger partial charge on any atom is -0.466 e. The van der Waals surface area contributed by atoms with Gasteiger partial charge in [0.1, 0.15) is 0 Å². The number of benzene rings is 1. The molecule has 3 rings (SSSR count). The van der Waals surface area contributed by atoms with E-state index >= 15 is 0 Å². The second-order valence-corrected chi connectivity index (χ2v) is 6.72. The molecule has 0 spiro atoms. The number of esters is 1. The van der Waals surface area contributed by atoms with Gasteiger partial charge in [-0.05, 0) is 56.0 Å². The highest BCUT2D eigenvalue weighted by atomic mass is 16.5. The zero-order chi connectivity index (χ0) is 17.6. The normalized spacial score (nSPS) is 18.1. The Hall–Kier alpha value is -2.20. The molecule has 0 amide bonds. The van der Waals surface area contributed by atoms with Gasteiger partial charge in [0.25, 0.3) is 0 Å². The summed E-state index contributed by atoms with van der Waals surface area (Å²) < 4.78 is 5.19. The van der Waals surface area contributed by atoms with Gasteiger partial charge in [0, 0.05) is 31.0 Å². The Bertz CT molecular complexity index is 729. The number of hydrogen-bond donors (Lipinski definition) is 0. The van der Waals surface area contributed by atoms with E-state index in [-0.39, 0.29) is 11.9 Å². The average Bonchev–Trinajstić information content (AvgIpc) is 2.63.